The van der Waals surface area contributed by atoms with Gasteiger partial charge in [0, 0.05) is 30.2 Å². The molecule has 28 heavy (non-hydrogen) atoms. The fourth-order valence-corrected chi connectivity index (χ4v) is 3.02. The van der Waals surface area contributed by atoms with Crippen LogP contribution in [0.1, 0.15) is 35.5 Å². The van der Waals surface area contributed by atoms with Gasteiger partial charge < -0.3 is 10.2 Å². The Balaban J connectivity index is 1.73. The summed E-state index contributed by atoms with van der Waals surface area (Å²) in [5.41, 5.74) is 2.40. The Bertz CT molecular complexity index is 931. The lowest BCUT2D eigenvalue weighted by atomic mass is 10.1. The third-order valence-electron chi connectivity index (χ3n) is 4.38. The second-order valence-electron chi connectivity index (χ2n) is 6.75. The number of rotatable bonds is 7. The standard InChI is InChI=1S/C22H23ClN4O/c1-16(2)27(14-17-8-4-3-5-9-17)22(28)20-12-21(26-15-25-20)24-13-18-10-6-7-11-19(18)23/h3-12,15-16H,13-14H2,1-2H3,(H,24,25,26). The Morgan fingerprint density at radius 1 is 1.07 bits per heavy atom. The molecule has 0 aliphatic rings. The molecule has 144 valence electrons. The van der Waals surface area contributed by atoms with Crippen LogP contribution in [0.2, 0.25) is 5.02 Å². The summed E-state index contributed by atoms with van der Waals surface area (Å²) in [4.78, 5) is 23.3. The van der Waals surface area contributed by atoms with Crippen LogP contribution in [0.3, 0.4) is 0 Å². The van der Waals surface area contributed by atoms with Crippen LogP contribution >= 0.6 is 11.6 Å². The maximum atomic E-state index is 13.1. The van der Waals surface area contributed by atoms with Crippen molar-refractivity contribution in [3.05, 3.63) is 88.8 Å². The van der Waals surface area contributed by atoms with E-state index in [9.17, 15) is 4.79 Å². The third-order valence-corrected chi connectivity index (χ3v) is 4.75. The van der Waals surface area contributed by atoms with Crippen LogP contribution < -0.4 is 5.32 Å². The molecule has 0 atom stereocenters. The van der Waals surface area contributed by atoms with Crippen LogP contribution in [0.15, 0.2) is 67.0 Å². The lowest BCUT2D eigenvalue weighted by Crippen LogP contribution is -2.36. The zero-order chi connectivity index (χ0) is 19.9. The van der Waals surface area contributed by atoms with E-state index in [1.165, 1.54) is 6.33 Å². The highest BCUT2D eigenvalue weighted by Crippen LogP contribution is 2.17. The average Bonchev–Trinajstić information content (AvgIpc) is 2.72. The fourth-order valence-electron chi connectivity index (χ4n) is 2.81. The highest BCUT2D eigenvalue weighted by Gasteiger charge is 2.20. The van der Waals surface area contributed by atoms with E-state index in [0.717, 1.165) is 11.1 Å². The number of anilines is 1. The van der Waals surface area contributed by atoms with Crippen molar-refractivity contribution in [2.24, 2.45) is 0 Å². The molecule has 3 aromatic rings. The molecular formula is C22H23ClN4O. The molecule has 1 N–H and O–H groups in total. The highest BCUT2D eigenvalue weighted by molar-refractivity contribution is 6.31. The molecule has 2 aromatic carbocycles. The quantitative estimate of drug-likeness (QED) is 0.625. The molecule has 1 amide bonds. The first-order valence-electron chi connectivity index (χ1n) is 9.19. The predicted molar refractivity (Wildman–Crippen MR) is 112 cm³/mol. The molecule has 5 nitrogen and oxygen atoms in total. The summed E-state index contributed by atoms with van der Waals surface area (Å²) in [5, 5.41) is 3.90. The summed E-state index contributed by atoms with van der Waals surface area (Å²) in [6.07, 6.45) is 1.41. The van der Waals surface area contributed by atoms with Crippen LogP contribution in [-0.4, -0.2) is 26.8 Å². The van der Waals surface area contributed by atoms with E-state index in [1.807, 2.05) is 68.4 Å². The smallest absolute Gasteiger partial charge is 0.273 e. The number of hydrogen-bond acceptors (Lipinski definition) is 4. The topological polar surface area (TPSA) is 58.1 Å². The monoisotopic (exact) mass is 394 g/mol. The first kappa shape index (κ1) is 19.8. The first-order valence-corrected chi connectivity index (χ1v) is 9.56. The number of benzene rings is 2. The Kier molecular flexibility index (Phi) is 6.61. The summed E-state index contributed by atoms with van der Waals surface area (Å²) in [5.74, 6) is 0.462. The molecule has 0 fully saturated rings. The van der Waals surface area contributed by atoms with Gasteiger partial charge in [-0.05, 0) is 31.0 Å². The number of halogens is 1. The van der Waals surface area contributed by atoms with Crippen molar-refractivity contribution >= 4 is 23.3 Å². The summed E-state index contributed by atoms with van der Waals surface area (Å²) in [6, 6.07) is 19.3. The van der Waals surface area contributed by atoms with Crippen molar-refractivity contribution in [1.82, 2.24) is 14.9 Å². The van der Waals surface area contributed by atoms with E-state index in [0.29, 0.717) is 29.6 Å². The Morgan fingerprint density at radius 2 is 1.79 bits per heavy atom. The molecule has 0 saturated carbocycles. The van der Waals surface area contributed by atoms with Gasteiger partial charge in [0.2, 0.25) is 0 Å². The number of carbonyl (C=O) groups is 1. The van der Waals surface area contributed by atoms with E-state index < -0.39 is 0 Å². The van der Waals surface area contributed by atoms with E-state index >= 15 is 0 Å². The number of nitrogens with zero attached hydrogens (tertiary/aromatic N) is 3. The molecule has 0 aliphatic carbocycles. The van der Waals surface area contributed by atoms with Crippen molar-refractivity contribution in [2.75, 3.05) is 5.32 Å². The fraction of sp³-hybridized carbons (Fsp3) is 0.227. The summed E-state index contributed by atoms with van der Waals surface area (Å²) < 4.78 is 0. The summed E-state index contributed by atoms with van der Waals surface area (Å²) in [7, 11) is 0. The van der Waals surface area contributed by atoms with Gasteiger partial charge in [-0.2, -0.15) is 0 Å². The van der Waals surface area contributed by atoms with Crippen LogP contribution in [0.25, 0.3) is 0 Å². The van der Waals surface area contributed by atoms with Gasteiger partial charge in [0.25, 0.3) is 5.91 Å². The molecule has 3 rings (SSSR count). The van der Waals surface area contributed by atoms with E-state index in [1.54, 1.807) is 11.0 Å². The van der Waals surface area contributed by atoms with E-state index in [4.69, 9.17) is 11.6 Å². The molecule has 1 heterocycles. The molecule has 0 saturated heterocycles. The van der Waals surface area contributed by atoms with Crippen molar-refractivity contribution in [1.29, 1.82) is 0 Å². The molecule has 0 bridgehead atoms. The second kappa shape index (κ2) is 9.33. The number of nitrogens with one attached hydrogen (secondary N) is 1. The molecule has 1 aromatic heterocycles. The number of aromatic nitrogens is 2. The van der Waals surface area contributed by atoms with Gasteiger partial charge >= 0.3 is 0 Å². The first-order chi connectivity index (χ1) is 13.5. The molecular weight excluding hydrogens is 372 g/mol. The lowest BCUT2D eigenvalue weighted by molar-refractivity contribution is 0.0684. The summed E-state index contributed by atoms with van der Waals surface area (Å²) in [6.45, 7) is 5.04. The minimum Gasteiger partial charge on any atom is -0.366 e. The Morgan fingerprint density at radius 3 is 2.50 bits per heavy atom. The average molecular weight is 395 g/mol. The maximum Gasteiger partial charge on any atom is 0.273 e. The van der Waals surface area contributed by atoms with Crippen LogP contribution in [-0.2, 0) is 13.1 Å². The molecule has 6 heteroatoms. The lowest BCUT2D eigenvalue weighted by Gasteiger charge is -2.26. The number of carbonyl (C=O) groups excluding carboxylic acids is 1. The molecule has 0 aliphatic heterocycles. The Hall–Kier alpha value is -2.92. The van der Waals surface area contributed by atoms with Gasteiger partial charge in [-0.1, -0.05) is 60.1 Å². The van der Waals surface area contributed by atoms with Crippen molar-refractivity contribution in [3.63, 3.8) is 0 Å². The zero-order valence-corrected chi connectivity index (χ0v) is 16.7. The van der Waals surface area contributed by atoms with Gasteiger partial charge in [-0.3, -0.25) is 4.79 Å². The van der Waals surface area contributed by atoms with E-state index in [-0.39, 0.29) is 11.9 Å². The van der Waals surface area contributed by atoms with Crippen molar-refractivity contribution < 1.29 is 4.79 Å². The summed E-state index contributed by atoms with van der Waals surface area (Å²) >= 11 is 6.19. The number of amides is 1. The highest BCUT2D eigenvalue weighted by atomic mass is 35.5. The molecule has 0 radical (unpaired) electrons. The van der Waals surface area contributed by atoms with E-state index in [2.05, 4.69) is 15.3 Å². The van der Waals surface area contributed by atoms with Gasteiger partial charge in [0.1, 0.15) is 17.8 Å². The minimum absolute atomic E-state index is 0.0437. The zero-order valence-electron chi connectivity index (χ0n) is 16.0. The van der Waals surface area contributed by atoms with Crippen molar-refractivity contribution in [2.45, 2.75) is 33.0 Å². The third kappa shape index (κ3) is 5.08. The van der Waals surface area contributed by atoms with Gasteiger partial charge in [-0.25, -0.2) is 9.97 Å². The second-order valence-corrected chi connectivity index (χ2v) is 7.15. The van der Waals surface area contributed by atoms with Gasteiger partial charge in [-0.15, -0.1) is 0 Å². The number of hydrogen-bond donors (Lipinski definition) is 1. The van der Waals surface area contributed by atoms with Crippen LogP contribution in [0.4, 0.5) is 5.82 Å². The van der Waals surface area contributed by atoms with Crippen LogP contribution in [0.5, 0.6) is 0 Å². The van der Waals surface area contributed by atoms with Crippen LogP contribution in [0, 0.1) is 0 Å². The van der Waals surface area contributed by atoms with Crippen molar-refractivity contribution in [3.8, 4) is 0 Å². The normalized spacial score (nSPS) is 10.7. The van der Waals surface area contributed by atoms with Gasteiger partial charge in [0.15, 0.2) is 0 Å². The maximum absolute atomic E-state index is 13.1. The molecule has 0 spiro atoms. The molecule has 0 unspecified atom stereocenters. The SMILES string of the molecule is CC(C)N(Cc1ccccc1)C(=O)c1cc(NCc2ccccc2Cl)ncn1. The Labute approximate surface area is 170 Å². The predicted octanol–water partition coefficient (Wildman–Crippen LogP) is 4.79. The minimum atomic E-state index is -0.123. The largest absolute Gasteiger partial charge is 0.366 e. The van der Waals surface area contributed by atoms with Gasteiger partial charge in [0.05, 0.1) is 0 Å².